The maximum absolute atomic E-state index is 5.80. The number of rotatable bonds is 5. The van der Waals surface area contributed by atoms with Gasteiger partial charge in [0.2, 0.25) is 0 Å². The molecule has 0 atom stereocenters. The predicted octanol–water partition coefficient (Wildman–Crippen LogP) is 4.58. The molecule has 0 spiro atoms. The van der Waals surface area contributed by atoms with E-state index in [1.54, 1.807) is 0 Å². The van der Waals surface area contributed by atoms with Crippen molar-refractivity contribution in [2.75, 3.05) is 6.61 Å². The van der Waals surface area contributed by atoms with Gasteiger partial charge in [0.25, 0.3) is 0 Å². The van der Waals surface area contributed by atoms with Crippen molar-refractivity contribution < 1.29 is 4.74 Å². The molecule has 0 unspecified atom stereocenters. The molecule has 0 aliphatic carbocycles. The third kappa shape index (κ3) is 2.79. The molecule has 0 saturated heterocycles. The molecule has 2 rings (SSSR count). The molecule has 2 aromatic carbocycles. The minimum atomic E-state index is 0.817. The topological polar surface area (TPSA) is 9.23 Å². The molecular formula is C16H20O. The minimum Gasteiger partial charge on any atom is -0.494 e. The average molecular weight is 228 g/mol. The zero-order chi connectivity index (χ0) is 12.1. The summed E-state index contributed by atoms with van der Waals surface area (Å²) in [5.41, 5.74) is 1.37. The number of benzene rings is 2. The van der Waals surface area contributed by atoms with Gasteiger partial charge in [-0.2, -0.15) is 0 Å². The van der Waals surface area contributed by atoms with E-state index in [9.17, 15) is 0 Å². The molecular weight excluding hydrogens is 208 g/mol. The fourth-order valence-corrected chi connectivity index (χ4v) is 2.07. The SMILES string of the molecule is CCCCOc1cc(CC)c2ccccc2c1. The zero-order valence-corrected chi connectivity index (χ0v) is 10.7. The van der Waals surface area contributed by atoms with Crippen LogP contribution < -0.4 is 4.74 Å². The number of fused-ring (bicyclic) bond motifs is 1. The average Bonchev–Trinajstić information content (AvgIpc) is 2.38. The van der Waals surface area contributed by atoms with Gasteiger partial charge >= 0.3 is 0 Å². The standard InChI is InChI=1S/C16H20O/c1-3-5-10-17-15-11-13(4-2)16-9-7-6-8-14(16)12-15/h6-9,11-12H,3-5,10H2,1-2H3. The summed E-state index contributed by atoms with van der Waals surface area (Å²) in [6, 6.07) is 12.8. The van der Waals surface area contributed by atoms with Crippen molar-refractivity contribution in [3.63, 3.8) is 0 Å². The van der Waals surface area contributed by atoms with Crippen LogP contribution in [0.3, 0.4) is 0 Å². The highest BCUT2D eigenvalue weighted by atomic mass is 16.5. The third-order valence-electron chi connectivity index (χ3n) is 3.07. The Labute approximate surface area is 103 Å². The Morgan fingerprint density at radius 1 is 1.06 bits per heavy atom. The van der Waals surface area contributed by atoms with Crippen LogP contribution in [0.4, 0.5) is 0 Å². The first kappa shape index (κ1) is 12.0. The van der Waals surface area contributed by atoms with E-state index >= 15 is 0 Å². The molecule has 0 aliphatic heterocycles. The van der Waals surface area contributed by atoms with E-state index in [0.29, 0.717) is 0 Å². The maximum Gasteiger partial charge on any atom is 0.120 e. The van der Waals surface area contributed by atoms with Gasteiger partial charge in [0.15, 0.2) is 0 Å². The predicted molar refractivity (Wildman–Crippen MR) is 73.7 cm³/mol. The van der Waals surface area contributed by atoms with E-state index in [0.717, 1.165) is 25.2 Å². The highest BCUT2D eigenvalue weighted by molar-refractivity contribution is 5.87. The Balaban J connectivity index is 2.32. The van der Waals surface area contributed by atoms with E-state index in [1.165, 1.54) is 22.8 Å². The Morgan fingerprint density at radius 3 is 2.65 bits per heavy atom. The van der Waals surface area contributed by atoms with Gasteiger partial charge in [0, 0.05) is 0 Å². The van der Waals surface area contributed by atoms with Gasteiger partial charge in [-0.1, -0.05) is 44.5 Å². The molecule has 17 heavy (non-hydrogen) atoms. The minimum absolute atomic E-state index is 0.817. The molecule has 1 heteroatoms. The van der Waals surface area contributed by atoms with E-state index in [2.05, 4.69) is 50.2 Å². The molecule has 0 heterocycles. The van der Waals surface area contributed by atoms with Crippen molar-refractivity contribution in [3.8, 4) is 5.75 Å². The molecule has 0 radical (unpaired) electrons. The largest absolute Gasteiger partial charge is 0.494 e. The summed E-state index contributed by atoms with van der Waals surface area (Å²) in [6.45, 7) is 5.19. The lowest BCUT2D eigenvalue weighted by Crippen LogP contribution is -1.97. The Morgan fingerprint density at radius 2 is 1.88 bits per heavy atom. The van der Waals surface area contributed by atoms with Crippen molar-refractivity contribution in [3.05, 3.63) is 42.0 Å². The molecule has 0 aromatic heterocycles. The first-order chi connectivity index (χ1) is 8.35. The van der Waals surface area contributed by atoms with Crippen LogP contribution in [0, 0.1) is 0 Å². The lowest BCUT2D eigenvalue weighted by atomic mass is 10.0. The quantitative estimate of drug-likeness (QED) is 0.680. The fraction of sp³-hybridized carbons (Fsp3) is 0.375. The van der Waals surface area contributed by atoms with Crippen LogP contribution in [0.15, 0.2) is 36.4 Å². The van der Waals surface area contributed by atoms with E-state index < -0.39 is 0 Å². The summed E-state index contributed by atoms with van der Waals surface area (Å²) >= 11 is 0. The second kappa shape index (κ2) is 5.72. The van der Waals surface area contributed by atoms with Gasteiger partial charge in [-0.15, -0.1) is 0 Å². The Kier molecular flexibility index (Phi) is 4.03. The van der Waals surface area contributed by atoms with Crippen molar-refractivity contribution in [1.82, 2.24) is 0 Å². The molecule has 0 amide bonds. The van der Waals surface area contributed by atoms with Gasteiger partial charge in [-0.25, -0.2) is 0 Å². The molecule has 0 saturated carbocycles. The summed E-state index contributed by atoms with van der Waals surface area (Å²) < 4.78 is 5.80. The number of ether oxygens (including phenoxy) is 1. The summed E-state index contributed by atoms with van der Waals surface area (Å²) in [7, 11) is 0. The number of aryl methyl sites for hydroxylation is 1. The maximum atomic E-state index is 5.80. The molecule has 2 aromatic rings. The molecule has 0 fully saturated rings. The summed E-state index contributed by atoms with van der Waals surface area (Å²) in [4.78, 5) is 0. The lowest BCUT2D eigenvalue weighted by molar-refractivity contribution is 0.309. The van der Waals surface area contributed by atoms with Crippen LogP contribution >= 0.6 is 0 Å². The fourth-order valence-electron chi connectivity index (χ4n) is 2.07. The van der Waals surface area contributed by atoms with Crippen molar-refractivity contribution in [2.45, 2.75) is 33.1 Å². The summed E-state index contributed by atoms with van der Waals surface area (Å²) in [6.07, 6.45) is 3.34. The molecule has 0 aliphatic rings. The van der Waals surface area contributed by atoms with Gasteiger partial charge in [0.05, 0.1) is 6.61 Å². The smallest absolute Gasteiger partial charge is 0.120 e. The second-order valence-corrected chi connectivity index (χ2v) is 4.36. The molecule has 90 valence electrons. The van der Waals surface area contributed by atoms with E-state index in [-0.39, 0.29) is 0 Å². The van der Waals surface area contributed by atoms with E-state index in [4.69, 9.17) is 4.74 Å². The van der Waals surface area contributed by atoms with E-state index in [1.807, 2.05) is 0 Å². The number of hydrogen-bond donors (Lipinski definition) is 0. The highest BCUT2D eigenvalue weighted by Gasteiger charge is 2.03. The van der Waals surface area contributed by atoms with Gasteiger partial charge in [0.1, 0.15) is 5.75 Å². The van der Waals surface area contributed by atoms with Crippen molar-refractivity contribution >= 4 is 10.8 Å². The Bertz CT molecular complexity index is 488. The molecule has 1 nitrogen and oxygen atoms in total. The zero-order valence-electron chi connectivity index (χ0n) is 10.7. The lowest BCUT2D eigenvalue weighted by Gasteiger charge is -2.10. The van der Waals surface area contributed by atoms with Crippen LogP contribution in [-0.4, -0.2) is 6.61 Å². The van der Waals surface area contributed by atoms with Crippen LogP contribution in [-0.2, 0) is 6.42 Å². The van der Waals surface area contributed by atoms with Gasteiger partial charge in [-0.05, 0) is 41.3 Å². The second-order valence-electron chi connectivity index (χ2n) is 4.36. The van der Waals surface area contributed by atoms with Crippen molar-refractivity contribution in [1.29, 1.82) is 0 Å². The van der Waals surface area contributed by atoms with Crippen LogP contribution in [0.25, 0.3) is 10.8 Å². The van der Waals surface area contributed by atoms with Crippen LogP contribution in [0.2, 0.25) is 0 Å². The third-order valence-corrected chi connectivity index (χ3v) is 3.07. The van der Waals surface area contributed by atoms with Gasteiger partial charge < -0.3 is 4.74 Å². The van der Waals surface area contributed by atoms with Crippen molar-refractivity contribution in [2.24, 2.45) is 0 Å². The number of unbranched alkanes of at least 4 members (excludes halogenated alkanes) is 1. The van der Waals surface area contributed by atoms with Gasteiger partial charge in [-0.3, -0.25) is 0 Å². The molecule has 0 N–H and O–H groups in total. The normalized spacial score (nSPS) is 10.7. The first-order valence-electron chi connectivity index (χ1n) is 6.49. The summed E-state index contributed by atoms with van der Waals surface area (Å²) in [5, 5.41) is 2.62. The molecule has 0 bridgehead atoms. The van der Waals surface area contributed by atoms with Crippen LogP contribution in [0.1, 0.15) is 32.3 Å². The first-order valence-corrected chi connectivity index (χ1v) is 6.49. The number of hydrogen-bond acceptors (Lipinski definition) is 1. The van der Waals surface area contributed by atoms with Crippen LogP contribution in [0.5, 0.6) is 5.75 Å². The highest BCUT2D eigenvalue weighted by Crippen LogP contribution is 2.25. The summed E-state index contributed by atoms with van der Waals surface area (Å²) in [5.74, 6) is 1.01. The monoisotopic (exact) mass is 228 g/mol. The Hall–Kier alpha value is -1.50.